The van der Waals surface area contributed by atoms with Crippen LogP contribution in [0.25, 0.3) is 0 Å². The highest BCUT2D eigenvalue weighted by Gasteiger charge is 2.30. The van der Waals surface area contributed by atoms with Gasteiger partial charge in [-0.3, -0.25) is 0 Å². The Morgan fingerprint density at radius 1 is 1.07 bits per heavy atom. The summed E-state index contributed by atoms with van der Waals surface area (Å²) in [6.45, 7) is 0. The summed E-state index contributed by atoms with van der Waals surface area (Å²) in [5.41, 5.74) is 5.67. The summed E-state index contributed by atoms with van der Waals surface area (Å²) in [5, 5.41) is 6.81. The summed E-state index contributed by atoms with van der Waals surface area (Å²) in [6, 6.07) is 1.51. The van der Waals surface area contributed by atoms with Gasteiger partial charge in [-0.1, -0.05) is 6.07 Å². The predicted octanol–water partition coefficient (Wildman–Crippen LogP) is 2.05. The van der Waals surface area contributed by atoms with E-state index in [1.54, 1.807) is 0 Å². The fourth-order valence-electron chi connectivity index (χ4n) is 4.18. The molecule has 3 aliphatic carbocycles. The number of nitrogens with zero attached hydrogens (tertiary/aromatic N) is 3. The Morgan fingerprint density at radius 2 is 1.74 bits per heavy atom. The SMILES string of the molecule is O=C(Nc1c2c(cc3c1CCC3)CCC2)NS(=O)(=O)n1cnc(C2CC2)n1. The van der Waals surface area contributed by atoms with E-state index in [-0.39, 0.29) is 5.92 Å². The van der Waals surface area contributed by atoms with Gasteiger partial charge in [0.2, 0.25) is 0 Å². The van der Waals surface area contributed by atoms with E-state index < -0.39 is 16.2 Å². The maximum absolute atomic E-state index is 12.5. The van der Waals surface area contributed by atoms with E-state index in [9.17, 15) is 13.2 Å². The molecule has 27 heavy (non-hydrogen) atoms. The van der Waals surface area contributed by atoms with E-state index in [1.807, 2.05) is 0 Å². The zero-order valence-corrected chi connectivity index (χ0v) is 15.7. The minimum Gasteiger partial charge on any atom is -0.307 e. The largest absolute Gasteiger partial charge is 0.347 e. The minimum absolute atomic E-state index is 0.241. The summed E-state index contributed by atoms with van der Waals surface area (Å²) < 4.78 is 27.7. The molecule has 5 rings (SSSR count). The quantitative estimate of drug-likeness (QED) is 0.835. The third kappa shape index (κ3) is 2.99. The first-order valence-electron chi connectivity index (χ1n) is 9.43. The molecule has 2 amide bonds. The zero-order valence-electron chi connectivity index (χ0n) is 14.9. The molecule has 1 aromatic carbocycles. The van der Waals surface area contributed by atoms with Gasteiger partial charge in [-0.05, 0) is 73.6 Å². The van der Waals surface area contributed by atoms with Crippen LogP contribution in [0, 0.1) is 0 Å². The number of hydrogen-bond donors (Lipinski definition) is 2. The van der Waals surface area contributed by atoms with Crippen LogP contribution >= 0.6 is 0 Å². The Bertz CT molecular complexity index is 1010. The summed E-state index contributed by atoms with van der Waals surface area (Å²) in [6.07, 6.45) is 9.08. The molecule has 1 fully saturated rings. The Labute approximate surface area is 157 Å². The lowest BCUT2D eigenvalue weighted by molar-refractivity contribution is 0.256. The Balaban J connectivity index is 1.38. The van der Waals surface area contributed by atoms with Gasteiger partial charge in [-0.15, -0.1) is 9.19 Å². The van der Waals surface area contributed by atoms with Gasteiger partial charge >= 0.3 is 16.2 Å². The topological polar surface area (TPSA) is 106 Å². The van der Waals surface area contributed by atoms with Crippen molar-refractivity contribution in [3.63, 3.8) is 0 Å². The average Bonchev–Trinajstić information content (AvgIpc) is 3.05. The number of nitrogens with one attached hydrogen (secondary N) is 2. The van der Waals surface area contributed by atoms with Crippen molar-refractivity contribution in [3.8, 4) is 0 Å². The third-order valence-corrected chi connectivity index (χ3v) is 6.72. The van der Waals surface area contributed by atoms with Crippen molar-refractivity contribution < 1.29 is 13.2 Å². The van der Waals surface area contributed by atoms with E-state index in [4.69, 9.17) is 0 Å². The molecule has 3 aliphatic rings. The highest BCUT2D eigenvalue weighted by atomic mass is 32.2. The van der Waals surface area contributed by atoms with Crippen LogP contribution in [0.1, 0.15) is 59.7 Å². The molecule has 2 aromatic rings. The summed E-state index contributed by atoms with van der Waals surface area (Å²) in [7, 11) is -4.11. The molecule has 8 nitrogen and oxygen atoms in total. The van der Waals surface area contributed by atoms with Crippen molar-refractivity contribution in [1.82, 2.24) is 18.9 Å². The third-order valence-electron chi connectivity index (χ3n) is 5.61. The number of anilines is 1. The van der Waals surface area contributed by atoms with Gasteiger partial charge in [0, 0.05) is 11.6 Å². The summed E-state index contributed by atoms with van der Waals surface area (Å²) in [5.74, 6) is 0.754. The maximum atomic E-state index is 12.5. The van der Waals surface area contributed by atoms with Crippen molar-refractivity contribution >= 4 is 21.9 Å². The van der Waals surface area contributed by atoms with Crippen LogP contribution in [-0.2, 0) is 35.9 Å². The van der Waals surface area contributed by atoms with Crippen LogP contribution < -0.4 is 10.0 Å². The maximum Gasteiger partial charge on any atom is 0.347 e. The summed E-state index contributed by atoms with van der Waals surface area (Å²) in [4.78, 5) is 16.5. The molecule has 1 aromatic heterocycles. The standard InChI is InChI=1S/C18H21N5O3S/c24-18(22-27(25,26)23-10-19-17(21-23)11-7-8-11)20-16-14-5-1-3-12(14)9-13-4-2-6-15(13)16/h9-11H,1-8H2,(H2,20,22,24). The Kier molecular flexibility index (Phi) is 3.75. The number of rotatable bonds is 4. The lowest BCUT2D eigenvalue weighted by Gasteiger charge is -2.16. The van der Waals surface area contributed by atoms with Gasteiger partial charge in [-0.2, -0.15) is 8.42 Å². The number of carbonyl (C=O) groups is 1. The highest BCUT2D eigenvalue weighted by Crippen LogP contribution is 2.39. The van der Waals surface area contributed by atoms with E-state index in [0.717, 1.165) is 78.6 Å². The Morgan fingerprint density at radius 3 is 2.37 bits per heavy atom. The van der Waals surface area contributed by atoms with Crippen LogP contribution in [0.15, 0.2) is 12.4 Å². The smallest absolute Gasteiger partial charge is 0.307 e. The van der Waals surface area contributed by atoms with Crippen molar-refractivity contribution in [2.75, 3.05) is 5.32 Å². The number of aryl methyl sites for hydroxylation is 2. The molecule has 2 N–H and O–H groups in total. The Hall–Kier alpha value is -2.42. The van der Waals surface area contributed by atoms with Gasteiger partial charge in [-0.25, -0.2) is 14.5 Å². The molecule has 142 valence electrons. The molecular formula is C18H21N5O3S. The number of carbonyl (C=O) groups excluding carboxylic acids is 1. The van der Waals surface area contributed by atoms with Gasteiger partial charge in [0.15, 0.2) is 5.82 Å². The van der Waals surface area contributed by atoms with Gasteiger partial charge in [0.25, 0.3) is 0 Å². The first kappa shape index (κ1) is 16.7. The minimum atomic E-state index is -4.11. The predicted molar refractivity (Wildman–Crippen MR) is 99.0 cm³/mol. The number of hydrogen-bond acceptors (Lipinski definition) is 5. The molecular weight excluding hydrogens is 366 g/mol. The lowest BCUT2D eigenvalue weighted by Crippen LogP contribution is -2.38. The molecule has 0 radical (unpaired) electrons. The number of aromatic nitrogens is 3. The van der Waals surface area contributed by atoms with Crippen LogP contribution in [0.3, 0.4) is 0 Å². The van der Waals surface area contributed by atoms with Crippen LogP contribution in [0.4, 0.5) is 10.5 Å². The molecule has 0 aliphatic heterocycles. The van der Waals surface area contributed by atoms with E-state index in [1.165, 1.54) is 11.1 Å². The monoisotopic (exact) mass is 387 g/mol. The molecule has 0 atom stereocenters. The average molecular weight is 387 g/mol. The van der Waals surface area contributed by atoms with Gasteiger partial charge in [0.05, 0.1) is 0 Å². The number of urea groups is 1. The molecule has 9 heteroatoms. The second-order valence-electron chi connectivity index (χ2n) is 7.54. The molecule has 1 saturated carbocycles. The number of fused-ring (bicyclic) bond motifs is 2. The van der Waals surface area contributed by atoms with Crippen LogP contribution in [0.2, 0.25) is 0 Å². The van der Waals surface area contributed by atoms with Gasteiger partial charge < -0.3 is 5.32 Å². The zero-order chi connectivity index (χ0) is 18.6. The van der Waals surface area contributed by atoms with Crippen molar-refractivity contribution in [1.29, 1.82) is 0 Å². The molecule has 0 bridgehead atoms. The van der Waals surface area contributed by atoms with Crippen molar-refractivity contribution in [2.45, 2.75) is 57.3 Å². The van der Waals surface area contributed by atoms with Crippen LogP contribution in [-0.4, -0.2) is 28.6 Å². The highest BCUT2D eigenvalue weighted by molar-refractivity contribution is 7.88. The molecule has 1 heterocycles. The number of amides is 2. The fraction of sp³-hybridized carbons (Fsp3) is 0.500. The second-order valence-corrected chi connectivity index (χ2v) is 9.07. The fourth-order valence-corrected chi connectivity index (χ4v) is 4.92. The van der Waals surface area contributed by atoms with Crippen molar-refractivity contribution in [3.05, 3.63) is 40.5 Å². The van der Waals surface area contributed by atoms with Gasteiger partial charge in [0.1, 0.15) is 6.33 Å². The van der Waals surface area contributed by atoms with E-state index >= 15 is 0 Å². The van der Waals surface area contributed by atoms with Crippen LogP contribution in [0.5, 0.6) is 0 Å². The molecule has 0 spiro atoms. The molecule has 0 saturated heterocycles. The van der Waals surface area contributed by atoms with Crippen molar-refractivity contribution in [2.24, 2.45) is 0 Å². The normalized spacial score (nSPS) is 18.2. The van der Waals surface area contributed by atoms with E-state index in [2.05, 4.69) is 26.2 Å². The molecule has 0 unspecified atom stereocenters. The lowest BCUT2D eigenvalue weighted by atomic mass is 9.99. The first-order chi connectivity index (χ1) is 13.0. The first-order valence-corrected chi connectivity index (χ1v) is 10.9. The summed E-state index contributed by atoms with van der Waals surface area (Å²) >= 11 is 0. The number of benzene rings is 1. The van der Waals surface area contributed by atoms with E-state index in [0.29, 0.717) is 5.82 Å². The second kappa shape index (κ2) is 6.05.